The van der Waals surface area contributed by atoms with Gasteiger partial charge in [0.2, 0.25) is 5.91 Å². The number of alkyl halides is 1. The molecule has 0 aliphatic heterocycles. The normalized spacial score (nSPS) is 43.8. The number of hydrogen-bond acceptors (Lipinski definition) is 3. The number of carbonyl (C=O) groups is 1. The van der Waals surface area contributed by atoms with E-state index in [2.05, 4.69) is 26.1 Å². The minimum atomic E-state index is -4.04. The zero-order valence-corrected chi connectivity index (χ0v) is 21.5. The van der Waals surface area contributed by atoms with Crippen LogP contribution in [0.15, 0.2) is 0 Å². The molecular weight excluding hydrogens is 441 g/mol. The Bertz CT molecular complexity index is 834. The first-order valence-electron chi connectivity index (χ1n) is 13.3. The lowest BCUT2D eigenvalue weighted by Crippen LogP contribution is -2.54. The van der Waals surface area contributed by atoms with Crippen LogP contribution >= 0.6 is 0 Å². The van der Waals surface area contributed by atoms with E-state index in [1.807, 2.05) is 0 Å². The number of hydrogen-bond donors (Lipinski definition) is 2. The quantitative estimate of drug-likeness (QED) is 0.473. The van der Waals surface area contributed by atoms with Gasteiger partial charge in [0.1, 0.15) is 6.17 Å². The van der Waals surface area contributed by atoms with Gasteiger partial charge in [-0.2, -0.15) is 8.42 Å². The molecule has 0 spiro atoms. The van der Waals surface area contributed by atoms with Crippen LogP contribution < -0.4 is 5.32 Å². The maximum absolute atomic E-state index is 14.1. The van der Waals surface area contributed by atoms with Crippen molar-refractivity contribution in [2.75, 3.05) is 12.3 Å². The Morgan fingerprint density at radius 1 is 1.06 bits per heavy atom. The molecule has 0 heterocycles. The Balaban J connectivity index is 1.35. The average molecular weight is 486 g/mol. The second-order valence-corrected chi connectivity index (χ2v) is 14.0. The van der Waals surface area contributed by atoms with Crippen molar-refractivity contribution in [2.45, 2.75) is 97.6 Å². The van der Waals surface area contributed by atoms with Gasteiger partial charge in [0, 0.05) is 13.0 Å². The topological polar surface area (TPSA) is 83.5 Å². The van der Waals surface area contributed by atoms with E-state index < -0.39 is 22.0 Å². The third-order valence-electron chi connectivity index (χ3n) is 10.9. The van der Waals surface area contributed by atoms with E-state index in [4.69, 9.17) is 4.55 Å². The molecule has 0 aromatic rings. The predicted octanol–water partition coefficient (Wildman–Crippen LogP) is 5.40. The van der Waals surface area contributed by atoms with Gasteiger partial charge in [-0.15, -0.1) is 0 Å². The van der Waals surface area contributed by atoms with E-state index in [-0.39, 0.29) is 12.5 Å². The van der Waals surface area contributed by atoms with Gasteiger partial charge in [-0.3, -0.25) is 9.35 Å². The molecule has 0 aromatic carbocycles. The summed E-state index contributed by atoms with van der Waals surface area (Å²) in [4.78, 5) is 12.2. The Hall–Kier alpha value is -0.690. The summed E-state index contributed by atoms with van der Waals surface area (Å²) < 4.78 is 44.6. The standard InChI is InChI=1S/C26H44FNO4S/c1-17(4-9-24(29)28-14-15-33(30,31)32)21-7-8-22-20-6-5-18-16-19(27)10-12-25(18,2)23(20)11-13-26(21,22)3/h17-23H,4-16H2,1-3H3,(H,28,29)(H,30,31,32). The molecule has 4 aliphatic carbocycles. The van der Waals surface area contributed by atoms with E-state index in [9.17, 15) is 17.6 Å². The van der Waals surface area contributed by atoms with E-state index in [0.29, 0.717) is 35.0 Å². The van der Waals surface area contributed by atoms with Crippen LogP contribution in [0.1, 0.15) is 91.4 Å². The lowest BCUT2D eigenvalue weighted by Gasteiger charge is -2.61. The van der Waals surface area contributed by atoms with Crippen LogP contribution in [0.5, 0.6) is 0 Å². The largest absolute Gasteiger partial charge is 0.355 e. The Morgan fingerprint density at radius 3 is 2.48 bits per heavy atom. The molecule has 7 heteroatoms. The summed E-state index contributed by atoms with van der Waals surface area (Å²) in [7, 11) is -4.04. The Morgan fingerprint density at radius 2 is 1.76 bits per heavy atom. The summed E-state index contributed by atoms with van der Waals surface area (Å²) in [5.41, 5.74) is 0.666. The molecule has 2 N–H and O–H groups in total. The van der Waals surface area contributed by atoms with Gasteiger partial charge < -0.3 is 5.32 Å². The van der Waals surface area contributed by atoms with Crippen LogP contribution in [0.25, 0.3) is 0 Å². The molecule has 0 aromatic heterocycles. The summed E-state index contributed by atoms with van der Waals surface area (Å²) in [5, 5.41) is 2.62. The zero-order valence-electron chi connectivity index (χ0n) is 20.7. The molecule has 4 rings (SSSR count). The molecule has 33 heavy (non-hydrogen) atoms. The highest BCUT2D eigenvalue weighted by molar-refractivity contribution is 7.85. The molecule has 4 aliphatic rings. The molecule has 0 bridgehead atoms. The SMILES string of the molecule is CC(CCC(=O)NCCS(=O)(=O)O)C1CCC2C3CCC4CC(F)CCC4(C)C3CCC12C. The minimum absolute atomic E-state index is 0.0404. The van der Waals surface area contributed by atoms with Crippen LogP contribution in [-0.4, -0.2) is 37.3 Å². The number of fused-ring (bicyclic) bond motifs is 5. The van der Waals surface area contributed by atoms with E-state index in [1.54, 1.807) is 0 Å². The number of halogens is 1. The molecule has 9 unspecified atom stereocenters. The maximum Gasteiger partial charge on any atom is 0.266 e. The maximum atomic E-state index is 14.1. The van der Waals surface area contributed by atoms with Crippen LogP contribution in [0.3, 0.4) is 0 Å². The molecular formula is C26H44FNO4S. The van der Waals surface area contributed by atoms with Crippen LogP contribution in [-0.2, 0) is 14.9 Å². The van der Waals surface area contributed by atoms with Crippen molar-refractivity contribution in [1.82, 2.24) is 5.32 Å². The number of rotatable bonds is 7. The first-order valence-corrected chi connectivity index (χ1v) is 14.9. The Labute approximate surface area is 199 Å². The third kappa shape index (κ3) is 5.00. The van der Waals surface area contributed by atoms with Crippen molar-refractivity contribution in [3.05, 3.63) is 0 Å². The second-order valence-electron chi connectivity index (χ2n) is 12.4. The lowest BCUT2D eigenvalue weighted by molar-refractivity contribution is -0.124. The zero-order chi connectivity index (χ0) is 24.0. The summed E-state index contributed by atoms with van der Waals surface area (Å²) in [6, 6.07) is 0. The van der Waals surface area contributed by atoms with Gasteiger partial charge in [-0.05, 0) is 111 Å². The van der Waals surface area contributed by atoms with Gasteiger partial charge in [-0.25, -0.2) is 4.39 Å². The molecule has 4 fully saturated rings. The second kappa shape index (κ2) is 9.40. The van der Waals surface area contributed by atoms with E-state index in [1.165, 1.54) is 38.5 Å². The van der Waals surface area contributed by atoms with Gasteiger partial charge in [0.15, 0.2) is 0 Å². The van der Waals surface area contributed by atoms with Gasteiger partial charge in [0.25, 0.3) is 10.1 Å². The smallest absolute Gasteiger partial charge is 0.266 e. The molecule has 0 saturated heterocycles. The van der Waals surface area contributed by atoms with Gasteiger partial charge in [-0.1, -0.05) is 20.8 Å². The monoisotopic (exact) mass is 485 g/mol. The predicted molar refractivity (Wildman–Crippen MR) is 128 cm³/mol. The molecule has 190 valence electrons. The highest BCUT2D eigenvalue weighted by Gasteiger charge is 2.60. The first-order chi connectivity index (χ1) is 15.4. The number of amides is 1. The summed E-state index contributed by atoms with van der Waals surface area (Å²) in [5.74, 6) is 3.37. The third-order valence-corrected chi connectivity index (χ3v) is 11.6. The van der Waals surface area contributed by atoms with Crippen LogP contribution in [0.2, 0.25) is 0 Å². The molecule has 9 atom stereocenters. The fourth-order valence-electron chi connectivity index (χ4n) is 9.15. The molecule has 4 saturated carbocycles. The summed E-state index contributed by atoms with van der Waals surface area (Å²) in [6.45, 7) is 7.25. The minimum Gasteiger partial charge on any atom is -0.355 e. The van der Waals surface area contributed by atoms with Gasteiger partial charge in [0.05, 0.1) is 5.75 Å². The van der Waals surface area contributed by atoms with Crippen molar-refractivity contribution in [1.29, 1.82) is 0 Å². The van der Waals surface area contributed by atoms with Crippen molar-refractivity contribution in [2.24, 2.45) is 46.3 Å². The highest BCUT2D eigenvalue weighted by Crippen LogP contribution is 2.68. The summed E-state index contributed by atoms with van der Waals surface area (Å²) in [6.07, 6.45) is 10.8. The molecule has 0 radical (unpaired) electrons. The molecule has 5 nitrogen and oxygen atoms in total. The fourth-order valence-corrected chi connectivity index (χ4v) is 9.51. The lowest BCUT2D eigenvalue weighted by atomic mass is 9.44. The van der Waals surface area contributed by atoms with Crippen molar-refractivity contribution < 1.29 is 22.2 Å². The summed E-state index contributed by atoms with van der Waals surface area (Å²) >= 11 is 0. The van der Waals surface area contributed by atoms with Crippen molar-refractivity contribution in [3.63, 3.8) is 0 Å². The van der Waals surface area contributed by atoms with Crippen LogP contribution in [0, 0.1) is 46.3 Å². The average Bonchev–Trinajstić information content (AvgIpc) is 3.09. The fraction of sp³-hybridized carbons (Fsp3) is 0.962. The van der Waals surface area contributed by atoms with E-state index in [0.717, 1.165) is 43.4 Å². The Kier molecular flexibility index (Phi) is 7.24. The van der Waals surface area contributed by atoms with E-state index >= 15 is 0 Å². The van der Waals surface area contributed by atoms with Crippen molar-refractivity contribution in [3.8, 4) is 0 Å². The van der Waals surface area contributed by atoms with Crippen molar-refractivity contribution >= 4 is 16.0 Å². The highest BCUT2D eigenvalue weighted by atomic mass is 32.2. The van der Waals surface area contributed by atoms with Crippen LogP contribution in [0.4, 0.5) is 4.39 Å². The number of carbonyl (C=O) groups excluding carboxylic acids is 1. The molecule has 1 amide bonds. The van der Waals surface area contributed by atoms with Gasteiger partial charge >= 0.3 is 0 Å². The first kappa shape index (κ1) is 25.4. The number of nitrogens with one attached hydrogen (secondary N) is 1.